The van der Waals surface area contributed by atoms with Crippen LogP contribution >= 0.6 is 0 Å². The van der Waals surface area contributed by atoms with Crippen molar-refractivity contribution in [1.29, 1.82) is 0 Å². The number of ether oxygens (including phenoxy) is 1. The summed E-state index contributed by atoms with van der Waals surface area (Å²) < 4.78 is 5.33. The van der Waals surface area contributed by atoms with Crippen molar-refractivity contribution in [2.24, 2.45) is 0 Å². The predicted molar refractivity (Wildman–Crippen MR) is 118 cm³/mol. The molecule has 4 aromatic rings. The fourth-order valence-electron chi connectivity index (χ4n) is 3.31. The van der Waals surface area contributed by atoms with Crippen LogP contribution in [0.15, 0.2) is 72.8 Å². The number of hydrogen-bond acceptors (Lipinski definition) is 3. The number of aromatic nitrogens is 1. The molecule has 0 fully saturated rings. The summed E-state index contributed by atoms with van der Waals surface area (Å²) in [5.74, 6) is 0.592. The minimum Gasteiger partial charge on any atom is -0.497 e. The lowest BCUT2D eigenvalue weighted by Crippen LogP contribution is -2.13. The fourth-order valence-corrected chi connectivity index (χ4v) is 3.31. The number of methoxy groups -OCH3 is 1. The molecule has 0 bridgehead atoms. The standard InChI is InChI=1S/C25H22N2O2/c1-16-11-12-19(13-17(16)2)26-25(28)22-15-24(18-7-6-8-20(14-18)29-3)27-23-10-5-4-9-21(22)23/h4-15H,1-3H3,(H,26,28). The van der Waals surface area contributed by atoms with E-state index in [4.69, 9.17) is 9.72 Å². The van der Waals surface area contributed by atoms with Crippen LogP contribution in [-0.4, -0.2) is 18.0 Å². The molecule has 4 nitrogen and oxygen atoms in total. The van der Waals surface area contributed by atoms with Gasteiger partial charge in [0.15, 0.2) is 0 Å². The highest BCUT2D eigenvalue weighted by molar-refractivity contribution is 6.13. The molecule has 0 spiro atoms. The third-order valence-corrected chi connectivity index (χ3v) is 5.09. The number of carbonyl (C=O) groups is 1. The SMILES string of the molecule is COc1cccc(-c2cc(C(=O)Nc3ccc(C)c(C)c3)c3ccccc3n2)c1. The van der Waals surface area contributed by atoms with Crippen molar-refractivity contribution in [3.8, 4) is 17.0 Å². The van der Waals surface area contributed by atoms with Crippen molar-refractivity contribution in [2.45, 2.75) is 13.8 Å². The van der Waals surface area contributed by atoms with E-state index in [1.807, 2.05) is 79.7 Å². The molecule has 0 aliphatic heterocycles. The highest BCUT2D eigenvalue weighted by atomic mass is 16.5. The van der Waals surface area contributed by atoms with Gasteiger partial charge < -0.3 is 10.1 Å². The van der Waals surface area contributed by atoms with Gasteiger partial charge in [-0.15, -0.1) is 0 Å². The molecule has 0 radical (unpaired) electrons. The summed E-state index contributed by atoms with van der Waals surface area (Å²) in [5.41, 5.74) is 6.10. The van der Waals surface area contributed by atoms with E-state index in [9.17, 15) is 4.79 Å². The Balaban J connectivity index is 1.79. The highest BCUT2D eigenvalue weighted by Gasteiger charge is 2.15. The van der Waals surface area contributed by atoms with Crippen molar-refractivity contribution in [3.05, 3.63) is 89.5 Å². The lowest BCUT2D eigenvalue weighted by atomic mass is 10.0. The zero-order valence-electron chi connectivity index (χ0n) is 16.7. The largest absolute Gasteiger partial charge is 0.497 e. The van der Waals surface area contributed by atoms with Gasteiger partial charge in [0.25, 0.3) is 5.91 Å². The molecule has 0 unspecified atom stereocenters. The molecule has 1 amide bonds. The van der Waals surface area contributed by atoms with Crippen LogP contribution in [0.3, 0.4) is 0 Å². The molecule has 1 aromatic heterocycles. The molecular formula is C25H22N2O2. The molecule has 1 heterocycles. The van der Waals surface area contributed by atoms with Crippen LogP contribution in [0.1, 0.15) is 21.5 Å². The highest BCUT2D eigenvalue weighted by Crippen LogP contribution is 2.28. The number of hydrogen-bond donors (Lipinski definition) is 1. The van der Waals surface area contributed by atoms with Crippen molar-refractivity contribution >= 4 is 22.5 Å². The summed E-state index contributed by atoms with van der Waals surface area (Å²) >= 11 is 0. The number of para-hydroxylation sites is 1. The van der Waals surface area contributed by atoms with Gasteiger partial charge in [-0.2, -0.15) is 0 Å². The van der Waals surface area contributed by atoms with Gasteiger partial charge in [0.1, 0.15) is 5.75 Å². The van der Waals surface area contributed by atoms with E-state index in [1.165, 1.54) is 5.56 Å². The molecule has 1 N–H and O–H groups in total. The van der Waals surface area contributed by atoms with Crippen LogP contribution in [0.25, 0.3) is 22.2 Å². The lowest BCUT2D eigenvalue weighted by molar-refractivity contribution is 0.102. The van der Waals surface area contributed by atoms with Crippen molar-refractivity contribution in [2.75, 3.05) is 12.4 Å². The second kappa shape index (κ2) is 7.76. The number of anilines is 1. The maximum atomic E-state index is 13.2. The maximum Gasteiger partial charge on any atom is 0.256 e. The number of pyridine rings is 1. The Bertz CT molecular complexity index is 1210. The Morgan fingerprint density at radius 1 is 0.897 bits per heavy atom. The Morgan fingerprint density at radius 2 is 1.72 bits per heavy atom. The zero-order chi connectivity index (χ0) is 20.4. The van der Waals surface area contributed by atoms with Gasteiger partial charge in [0, 0.05) is 16.6 Å². The second-order valence-corrected chi connectivity index (χ2v) is 7.06. The third kappa shape index (κ3) is 3.83. The Morgan fingerprint density at radius 3 is 2.52 bits per heavy atom. The summed E-state index contributed by atoms with van der Waals surface area (Å²) in [6, 6.07) is 23.1. The van der Waals surface area contributed by atoms with Crippen LogP contribution < -0.4 is 10.1 Å². The summed E-state index contributed by atoms with van der Waals surface area (Å²) in [7, 11) is 1.63. The Labute approximate surface area is 170 Å². The normalized spacial score (nSPS) is 10.7. The average Bonchev–Trinajstić information content (AvgIpc) is 2.75. The summed E-state index contributed by atoms with van der Waals surface area (Å²) in [5, 5.41) is 3.85. The van der Waals surface area contributed by atoms with Gasteiger partial charge in [-0.25, -0.2) is 4.98 Å². The number of fused-ring (bicyclic) bond motifs is 1. The van der Waals surface area contributed by atoms with Crippen LogP contribution in [-0.2, 0) is 0 Å². The van der Waals surface area contributed by atoms with E-state index in [0.29, 0.717) is 5.56 Å². The summed E-state index contributed by atoms with van der Waals surface area (Å²) in [6.07, 6.45) is 0. The third-order valence-electron chi connectivity index (χ3n) is 5.09. The lowest BCUT2D eigenvalue weighted by Gasteiger charge is -2.12. The fraction of sp³-hybridized carbons (Fsp3) is 0.120. The molecule has 0 atom stereocenters. The molecule has 0 saturated carbocycles. The predicted octanol–water partition coefficient (Wildman–Crippen LogP) is 5.78. The average molecular weight is 382 g/mol. The van der Waals surface area contributed by atoms with E-state index in [0.717, 1.165) is 39.2 Å². The number of rotatable bonds is 4. The molecule has 144 valence electrons. The molecule has 3 aromatic carbocycles. The monoisotopic (exact) mass is 382 g/mol. The van der Waals surface area contributed by atoms with Crippen LogP contribution in [0.5, 0.6) is 5.75 Å². The summed E-state index contributed by atoms with van der Waals surface area (Å²) in [4.78, 5) is 17.9. The quantitative estimate of drug-likeness (QED) is 0.487. The number of benzene rings is 3. The van der Waals surface area contributed by atoms with E-state index in [-0.39, 0.29) is 5.91 Å². The smallest absolute Gasteiger partial charge is 0.256 e. The zero-order valence-corrected chi connectivity index (χ0v) is 16.7. The topological polar surface area (TPSA) is 51.2 Å². The van der Waals surface area contributed by atoms with Gasteiger partial charge in [0.2, 0.25) is 0 Å². The minimum absolute atomic E-state index is 0.156. The van der Waals surface area contributed by atoms with Crippen molar-refractivity contribution in [1.82, 2.24) is 4.98 Å². The molecule has 0 aliphatic rings. The van der Waals surface area contributed by atoms with E-state index >= 15 is 0 Å². The van der Waals surface area contributed by atoms with Gasteiger partial charge in [-0.1, -0.05) is 36.4 Å². The molecule has 4 rings (SSSR count). The van der Waals surface area contributed by atoms with E-state index < -0.39 is 0 Å². The van der Waals surface area contributed by atoms with Crippen molar-refractivity contribution < 1.29 is 9.53 Å². The van der Waals surface area contributed by atoms with Gasteiger partial charge in [-0.3, -0.25) is 4.79 Å². The molecular weight excluding hydrogens is 360 g/mol. The number of carbonyl (C=O) groups excluding carboxylic acids is 1. The second-order valence-electron chi connectivity index (χ2n) is 7.06. The van der Waals surface area contributed by atoms with Crippen molar-refractivity contribution in [3.63, 3.8) is 0 Å². The molecule has 29 heavy (non-hydrogen) atoms. The maximum absolute atomic E-state index is 13.2. The first-order valence-corrected chi connectivity index (χ1v) is 9.48. The van der Waals surface area contributed by atoms with E-state index in [1.54, 1.807) is 7.11 Å². The number of aryl methyl sites for hydroxylation is 2. The summed E-state index contributed by atoms with van der Waals surface area (Å²) in [6.45, 7) is 4.09. The van der Waals surface area contributed by atoms with Crippen LogP contribution in [0, 0.1) is 13.8 Å². The first kappa shape index (κ1) is 18.7. The molecule has 4 heteroatoms. The Kier molecular flexibility index (Phi) is 5.00. The minimum atomic E-state index is -0.156. The first-order valence-electron chi connectivity index (χ1n) is 9.48. The first-order chi connectivity index (χ1) is 14.0. The van der Waals surface area contributed by atoms with Gasteiger partial charge >= 0.3 is 0 Å². The number of amides is 1. The van der Waals surface area contributed by atoms with Gasteiger partial charge in [0.05, 0.1) is 23.9 Å². The van der Waals surface area contributed by atoms with E-state index in [2.05, 4.69) is 12.2 Å². The molecule has 0 saturated heterocycles. The number of nitrogens with one attached hydrogen (secondary N) is 1. The number of nitrogens with zero attached hydrogens (tertiary/aromatic N) is 1. The molecule has 0 aliphatic carbocycles. The van der Waals surface area contributed by atoms with Crippen LogP contribution in [0.2, 0.25) is 0 Å². The van der Waals surface area contributed by atoms with Gasteiger partial charge in [-0.05, 0) is 61.4 Å². The van der Waals surface area contributed by atoms with Crippen LogP contribution in [0.4, 0.5) is 5.69 Å². The Hall–Kier alpha value is -3.66.